The number of hydrogen-bond donors (Lipinski definition) is 0. The molecule has 2 nitrogen and oxygen atoms in total. The van der Waals surface area contributed by atoms with Gasteiger partial charge in [-0.3, -0.25) is 0 Å². The zero-order chi connectivity index (χ0) is 10.3. The monoisotopic (exact) mass is 230 g/mol. The number of aromatic nitrogens is 1. The molecule has 0 amide bonds. The number of hydrogen-bond acceptors (Lipinski definition) is 3. The molecule has 1 fully saturated rings. The second kappa shape index (κ2) is 3.38. The summed E-state index contributed by atoms with van der Waals surface area (Å²) in [5, 5.41) is 3.57. The zero-order valence-electron chi connectivity index (χ0n) is 8.75. The maximum atomic E-state index is 5.84. The van der Waals surface area contributed by atoms with Gasteiger partial charge in [-0.2, -0.15) is 0 Å². The molecule has 1 aliphatic heterocycles. The first-order chi connectivity index (χ1) is 6.49. The van der Waals surface area contributed by atoms with Gasteiger partial charge in [0, 0.05) is 17.5 Å². The molecule has 1 saturated heterocycles. The Labute approximate surface area is 93.9 Å². The van der Waals surface area contributed by atoms with Crippen LogP contribution in [0.1, 0.15) is 27.2 Å². The van der Waals surface area contributed by atoms with Crippen LogP contribution in [-0.2, 0) is 0 Å². The van der Waals surface area contributed by atoms with Crippen molar-refractivity contribution in [3.63, 3.8) is 0 Å². The van der Waals surface area contributed by atoms with Gasteiger partial charge in [0.2, 0.25) is 0 Å². The molecule has 0 bridgehead atoms. The lowest BCUT2D eigenvalue weighted by molar-refractivity contribution is 0.488. The van der Waals surface area contributed by atoms with E-state index in [-0.39, 0.29) is 5.54 Å². The summed E-state index contributed by atoms with van der Waals surface area (Å²) in [6.07, 6.45) is 1.23. The van der Waals surface area contributed by atoms with Crippen LogP contribution in [-0.4, -0.2) is 17.1 Å². The van der Waals surface area contributed by atoms with Gasteiger partial charge >= 0.3 is 0 Å². The third kappa shape index (κ3) is 1.75. The van der Waals surface area contributed by atoms with Crippen molar-refractivity contribution >= 4 is 28.1 Å². The quantitative estimate of drug-likeness (QED) is 0.735. The van der Waals surface area contributed by atoms with Crippen LogP contribution in [0.4, 0.5) is 5.13 Å². The first kappa shape index (κ1) is 10.2. The smallest absolute Gasteiger partial charge is 0.187 e. The highest BCUT2D eigenvalue weighted by atomic mass is 35.5. The Morgan fingerprint density at radius 3 is 2.79 bits per heavy atom. The molecule has 4 heteroatoms. The van der Waals surface area contributed by atoms with E-state index in [1.54, 1.807) is 11.3 Å². The highest BCUT2D eigenvalue weighted by molar-refractivity contribution is 7.14. The first-order valence-electron chi connectivity index (χ1n) is 4.88. The van der Waals surface area contributed by atoms with Gasteiger partial charge in [0.05, 0.1) is 0 Å². The molecule has 2 heterocycles. The van der Waals surface area contributed by atoms with Gasteiger partial charge in [0.25, 0.3) is 0 Å². The van der Waals surface area contributed by atoms with Gasteiger partial charge in [-0.05, 0) is 26.2 Å². The summed E-state index contributed by atoms with van der Waals surface area (Å²) in [6.45, 7) is 7.92. The second-order valence-electron chi connectivity index (χ2n) is 4.69. The number of anilines is 1. The maximum Gasteiger partial charge on any atom is 0.187 e. The SMILES string of the molecule is CC1CN(c2nc(Cl)cs2)C(C)(C)C1. The fourth-order valence-corrected chi connectivity index (χ4v) is 3.41. The summed E-state index contributed by atoms with van der Waals surface area (Å²) in [5.41, 5.74) is 0.223. The van der Waals surface area contributed by atoms with Crippen molar-refractivity contribution in [2.45, 2.75) is 32.7 Å². The minimum Gasteiger partial charge on any atom is -0.343 e. The van der Waals surface area contributed by atoms with E-state index in [4.69, 9.17) is 11.6 Å². The predicted molar refractivity (Wildman–Crippen MR) is 62.3 cm³/mol. The molecule has 1 unspecified atom stereocenters. The van der Waals surface area contributed by atoms with E-state index in [9.17, 15) is 0 Å². The van der Waals surface area contributed by atoms with Crippen molar-refractivity contribution in [2.24, 2.45) is 5.92 Å². The molecule has 1 aromatic heterocycles. The molecular weight excluding hydrogens is 216 g/mol. The summed E-state index contributed by atoms with van der Waals surface area (Å²) in [7, 11) is 0. The van der Waals surface area contributed by atoms with Crippen molar-refractivity contribution in [3.8, 4) is 0 Å². The summed E-state index contributed by atoms with van der Waals surface area (Å²) in [6, 6.07) is 0. The van der Waals surface area contributed by atoms with Crippen LogP contribution in [0.15, 0.2) is 5.38 Å². The molecule has 0 aliphatic carbocycles. The van der Waals surface area contributed by atoms with Crippen LogP contribution in [0.2, 0.25) is 5.15 Å². The topological polar surface area (TPSA) is 16.1 Å². The van der Waals surface area contributed by atoms with E-state index in [1.807, 2.05) is 5.38 Å². The molecule has 1 aliphatic rings. The summed E-state index contributed by atoms with van der Waals surface area (Å²) < 4.78 is 0. The lowest BCUT2D eigenvalue weighted by Gasteiger charge is -2.30. The van der Waals surface area contributed by atoms with Crippen molar-refractivity contribution in [3.05, 3.63) is 10.5 Å². The Kier molecular flexibility index (Phi) is 2.48. The maximum absolute atomic E-state index is 5.84. The molecule has 2 rings (SSSR count). The molecule has 0 radical (unpaired) electrons. The van der Waals surface area contributed by atoms with Gasteiger partial charge in [-0.15, -0.1) is 11.3 Å². The summed E-state index contributed by atoms with van der Waals surface area (Å²) >= 11 is 7.47. The minimum absolute atomic E-state index is 0.223. The van der Waals surface area contributed by atoms with E-state index in [0.717, 1.165) is 17.6 Å². The van der Waals surface area contributed by atoms with E-state index in [0.29, 0.717) is 5.15 Å². The molecule has 1 atom stereocenters. The number of rotatable bonds is 1. The lowest BCUT2D eigenvalue weighted by atomic mass is 9.98. The number of nitrogens with zero attached hydrogens (tertiary/aromatic N) is 2. The second-order valence-corrected chi connectivity index (χ2v) is 5.91. The number of halogens is 1. The Morgan fingerprint density at radius 2 is 2.36 bits per heavy atom. The van der Waals surface area contributed by atoms with Gasteiger partial charge in [-0.25, -0.2) is 4.98 Å². The fraction of sp³-hybridized carbons (Fsp3) is 0.700. The number of thiazole rings is 1. The average Bonchev–Trinajstić information content (AvgIpc) is 2.55. The highest BCUT2D eigenvalue weighted by Crippen LogP contribution is 2.38. The standard InChI is InChI=1S/C10H15ClN2S/c1-7-4-10(2,3)13(5-7)9-12-8(11)6-14-9/h6-7H,4-5H2,1-3H3. The van der Waals surface area contributed by atoms with Crippen LogP contribution in [0.5, 0.6) is 0 Å². The van der Waals surface area contributed by atoms with E-state index in [1.165, 1.54) is 6.42 Å². The highest BCUT2D eigenvalue weighted by Gasteiger charge is 2.37. The van der Waals surface area contributed by atoms with Gasteiger partial charge in [0.1, 0.15) is 5.15 Å². The molecule has 0 aromatic carbocycles. The van der Waals surface area contributed by atoms with Gasteiger partial charge in [0.15, 0.2) is 5.13 Å². The van der Waals surface area contributed by atoms with Crippen molar-refractivity contribution < 1.29 is 0 Å². The van der Waals surface area contributed by atoms with E-state index < -0.39 is 0 Å². The molecule has 0 saturated carbocycles. The Hall–Kier alpha value is -0.280. The van der Waals surface area contributed by atoms with Crippen molar-refractivity contribution in [2.75, 3.05) is 11.4 Å². The Morgan fingerprint density at radius 1 is 1.64 bits per heavy atom. The molecule has 0 N–H and O–H groups in total. The van der Waals surface area contributed by atoms with Crippen LogP contribution < -0.4 is 4.90 Å². The van der Waals surface area contributed by atoms with Crippen LogP contribution >= 0.6 is 22.9 Å². The van der Waals surface area contributed by atoms with E-state index in [2.05, 4.69) is 30.7 Å². The lowest BCUT2D eigenvalue weighted by Crippen LogP contribution is -2.38. The third-order valence-electron chi connectivity index (χ3n) is 2.77. The zero-order valence-corrected chi connectivity index (χ0v) is 10.3. The van der Waals surface area contributed by atoms with Crippen LogP contribution in [0.3, 0.4) is 0 Å². The predicted octanol–water partition coefficient (Wildman–Crippen LogP) is 3.42. The molecule has 14 heavy (non-hydrogen) atoms. The molecule has 0 spiro atoms. The molecule has 1 aromatic rings. The van der Waals surface area contributed by atoms with E-state index >= 15 is 0 Å². The Bertz CT molecular complexity index is 335. The average molecular weight is 231 g/mol. The molecular formula is C10H15ClN2S. The first-order valence-corrected chi connectivity index (χ1v) is 6.13. The minimum atomic E-state index is 0.223. The van der Waals surface area contributed by atoms with Crippen molar-refractivity contribution in [1.29, 1.82) is 0 Å². The third-order valence-corrected chi connectivity index (χ3v) is 3.95. The largest absolute Gasteiger partial charge is 0.343 e. The van der Waals surface area contributed by atoms with Gasteiger partial charge in [-0.1, -0.05) is 18.5 Å². The Balaban J connectivity index is 2.26. The summed E-state index contributed by atoms with van der Waals surface area (Å²) in [5.74, 6) is 0.743. The van der Waals surface area contributed by atoms with Crippen molar-refractivity contribution in [1.82, 2.24) is 4.98 Å². The summed E-state index contributed by atoms with van der Waals surface area (Å²) in [4.78, 5) is 6.70. The fourth-order valence-electron chi connectivity index (χ4n) is 2.29. The van der Waals surface area contributed by atoms with Crippen LogP contribution in [0.25, 0.3) is 0 Å². The molecule has 78 valence electrons. The van der Waals surface area contributed by atoms with Gasteiger partial charge < -0.3 is 4.90 Å². The van der Waals surface area contributed by atoms with Crippen LogP contribution in [0, 0.1) is 5.92 Å². The normalized spacial score (nSPS) is 25.7.